The van der Waals surface area contributed by atoms with Gasteiger partial charge in [0, 0.05) is 21.5 Å². The molecule has 0 aliphatic heterocycles. The van der Waals surface area contributed by atoms with E-state index in [0.717, 1.165) is 47.7 Å². The monoisotopic (exact) mass is 574 g/mol. The summed E-state index contributed by atoms with van der Waals surface area (Å²) < 4.78 is 8.23. The SMILES string of the molecule is C=CCn1c(SCC(=O)Nc2sc3c(c2C(=O)OCC)CCCCC3)nnc1-c1ccc(Br)cc1. The normalized spacial score (nSPS) is 13.1. The summed E-state index contributed by atoms with van der Waals surface area (Å²) >= 11 is 6.26. The first-order valence-electron chi connectivity index (χ1n) is 11.6. The van der Waals surface area contributed by atoms with Crippen LogP contribution in [0.5, 0.6) is 0 Å². The Hall–Kier alpha value is -2.43. The zero-order valence-electron chi connectivity index (χ0n) is 19.5. The lowest BCUT2D eigenvalue weighted by Crippen LogP contribution is -2.17. The third kappa shape index (κ3) is 6.05. The number of hydrogen-bond donors (Lipinski definition) is 1. The van der Waals surface area contributed by atoms with Crippen LogP contribution in [0.2, 0.25) is 0 Å². The van der Waals surface area contributed by atoms with Gasteiger partial charge in [-0.2, -0.15) is 0 Å². The second-order valence-electron chi connectivity index (χ2n) is 8.04. The number of fused-ring (bicyclic) bond motifs is 1. The Kier molecular flexibility index (Phi) is 8.80. The number of benzene rings is 1. The highest BCUT2D eigenvalue weighted by molar-refractivity contribution is 9.10. The van der Waals surface area contributed by atoms with Crippen molar-refractivity contribution in [1.82, 2.24) is 14.8 Å². The number of carbonyl (C=O) groups excluding carboxylic acids is 2. The lowest BCUT2D eigenvalue weighted by Gasteiger charge is -2.09. The minimum atomic E-state index is -0.361. The Morgan fingerprint density at radius 3 is 2.74 bits per heavy atom. The fourth-order valence-electron chi connectivity index (χ4n) is 4.04. The summed E-state index contributed by atoms with van der Waals surface area (Å²) in [5.74, 6) is 0.294. The van der Waals surface area contributed by atoms with E-state index >= 15 is 0 Å². The zero-order chi connectivity index (χ0) is 24.8. The molecule has 2 aromatic heterocycles. The second-order valence-corrected chi connectivity index (χ2v) is 11.0. The van der Waals surface area contributed by atoms with Crippen molar-refractivity contribution >= 4 is 55.9 Å². The van der Waals surface area contributed by atoms with Gasteiger partial charge in [0.25, 0.3) is 0 Å². The van der Waals surface area contributed by atoms with E-state index in [-0.39, 0.29) is 17.6 Å². The van der Waals surface area contributed by atoms with Crippen LogP contribution in [0.15, 0.2) is 46.5 Å². The smallest absolute Gasteiger partial charge is 0.341 e. The maximum atomic E-state index is 12.9. The summed E-state index contributed by atoms with van der Waals surface area (Å²) in [6.07, 6.45) is 6.84. The number of esters is 1. The van der Waals surface area contributed by atoms with Crippen molar-refractivity contribution in [3.63, 3.8) is 0 Å². The molecule has 0 radical (unpaired) electrons. The largest absolute Gasteiger partial charge is 0.462 e. The number of aryl methyl sites for hydroxylation is 1. The molecule has 10 heteroatoms. The molecule has 0 fully saturated rings. The van der Waals surface area contributed by atoms with Crippen LogP contribution in [-0.4, -0.2) is 39.0 Å². The van der Waals surface area contributed by atoms with Crippen LogP contribution in [0.4, 0.5) is 5.00 Å². The van der Waals surface area contributed by atoms with E-state index in [4.69, 9.17) is 4.74 Å². The molecule has 0 spiro atoms. The first-order valence-corrected chi connectivity index (χ1v) is 14.2. The molecule has 0 unspecified atom stereocenters. The maximum absolute atomic E-state index is 12.9. The highest BCUT2D eigenvalue weighted by Crippen LogP contribution is 2.38. The van der Waals surface area contributed by atoms with Gasteiger partial charge in [0.1, 0.15) is 5.00 Å². The molecular formula is C25H27BrN4O3S2. The molecule has 4 rings (SSSR count). The summed E-state index contributed by atoms with van der Waals surface area (Å²) in [6.45, 7) is 6.45. The number of aromatic nitrogens is 3. The highest BCUT2D eigenvalue weighted by atomic mass is 79.9. The summed E-state index contributed by atoms with van der Waals surface area (Å²) in [5, 5.41) is 12.8. The van der Waals surface area contributed by atoms with Crippen molar-refractivity contribution in [3.05, 3.63) is 57.4 Å². The Morgan fingerprint density at radius 1 is 1.23 bits per heavy atom. The number of hydrogen-bond acceptors (Lipinski definition) is 7. The van der Waals surface area contributed by atoms with E-state index < -0.39 is 0 Å². The lowest BCUT2D eigenvalue weighted by molar-refractivity contribution is -0.113. The zero-order valence-corrected chi connectivity index (χ0v) is 22.7. The lowest BCUT2D eigenvalue weighted by atomic mass is 10.1. The quantitative estimate of drug-likeness (QED) is 0.143. The summed E-state index contributed by atoms with van der Waals surface area (Å²) in [6, 6.07) is 7.83. The minimum absolute atomic E-state index is 0.139. The molecule has 184 valence electrons. The molecule has 1 aromatic carbocycles. The molecule has 1 aliphatic carbocycles. The number of thiophene rings is 1. The van der Waals surface area contributed by atoms with Gasteiger partial charge in [0.15, 0.2) is 11.0 Å². The van der Waals surface area contributed by atoms with E-state index in [1.807, 2.05) is 28.8 Å². The van der Waals surface area contributed by atoms with E-state index in [9.17, 15) is 9.59 Å². The summed E-state index contributed by atoms with van der Waals surface area (Å²) in [4.78, 5) is 26.8. The van der Waals surface area contributed by atoms with Crippen molar-refractivity contribution in [2.45, 2.75) is 50.7 Å². The first-order chi connectivity index (χ1) is 17.0. The van der Waals surface area contributed by atoms with Gasteiger partial charge in [-0.25, -0.2) is 4.79 Å². The van der Waals surface area contributed by atoms with E-state index in [2.05, 4.69) is 38.0 Å². The van der Waals surface area contributed by atoms with E-state index in [1.54, 1.807) is 13.0 Å². The highest BCUT2D eigenvalue weighted by Gasteiger charge is 2.27. The topological polar surface area (TPSA) is 86.1 Å². The fourth-order valence-corrected chi connectivity index (χ4v) is 6.35. The van der Waals surface area contributed by atoms with Crippen LogP contribution in [-0.2, 0) is 28.9 Å². The van der Waals surface area contributed by atoms with E-state index in [0.29, 0.717) is 34.7 Å². The summed E-state index contributed by atoms with van der Waals surface area (Å²) in [7, 11) is 0. The van der Waals surface area contributed by atoms with Gasteiger partial charge >= 0.3 is 5.97 Å². The van der Waals surface area contributed by atoms with Crippen molar-refractivity contribution in [1.29, 1.82) is 0 Å². The van der Waals surface area contributed by atoms with Gasteiger partial charge < -0.3 is 10.1 Å². The van der Waals surface area contributed by atoms with Crippen LogP contribution in [0.3, 0.4) is 0 Å². The average molecular weight is 576 g/mol. The van der Waals surface area contributed by atoms with Crippen molar-refractivity contribution < 1.29 is 14.3 Å². The number of nitrogens with one attached hydrogen (secondary N) is 1. The number of rotatable bonds is 9. The molecule has 0 saturated heterocycles. The van der Waals surface area contributed by atoms with E-state index in [1.165, 1.54) is 28.0 Å². The standard InChI is InChI=1S/C25H27BrN4O3S2/c1-3-14-30-22(16-10-12-17(26)13-11-16)28-29-25(30)34-15-20(31)27-23-21(24(32)33-4-2)18-8-6-5-7-9-19(18)35-23/h3,10-13H,1,4-9,14-15H2,2H3,(H,27,31). The fraction of sp³-hybridized carbons (Fsp3) is 0.360. The molecule has 3 aromatic rings. The molecule has 1 N–H and O–H groups in total. The number of halogens is 1. The predicted molar refractivity (Wildman–Crippen MR) is 144 cm³/mol. The minimum Gasteiger partial charge on any atom is -0.462 e. The average Bonchev–Trinajstić information content (AvgIpc) is 3.31. The number of ether oxygens (including phenoxy) is 1. The van der Waals surface area contributed by atoms with Crippen LogP contribution < -0.4 is 5.32 Å². The molecule has 2 heterocycles. The van der Waals surface area contributed by atoms with Crippen molar-refractivity contribution in [3.8, 4) is 11.4 Å². The second kappa shape index (κ2) is 12.0. The van der Waals surface area contributed by atoms with Crippen LogP contribution in [0, 0.1) is 0 Å². The van der Waals surface area contributed by atoms with Gasteiger partial charge in [-0.1, -0.05) is 52.3 Å². The molecule has 0 atom stereocenters. The molecule has 1 amide bonds. The maximum Gasteiger partial charge on any atom is 0.341 e. The number of carbonyl (C=O) groups is 2. The number of thioether (sulfide) groups is 1. The number of allylic oxidation sites excluding steroid dienone is 1. The Bertz CT molecular complexity index is 1220. The molecule has 35 heavy (non-hydrogen) atoms. The Morgan fingerprint density at radius 2 is 2.00 bits per heavy atom. The third-order valence-corrected chi connectivity index (χ3v) is 8.32. The molecule has 1 aliphatic rings. The van der Waals surface area contributed by atoms with Gasteiger partial charge in [0.2, 0.25) is 5.91 Å². The van der Waals surface area contributed by atoms with Crippen molar-refractivity contribution in [2.24, 2.45) is 0 Å². The third-order valence-electron chi connectivity index (χ3n) is 5.62. The first kappa shape index (κ1) is 25.7. The van der Waals surface area contributed by atoms with Gasteiger partial charge in [-0.3, -0.25) is 9.36 Å². The summed E-state index contributed by atoms with van der Waals surface area (Å²) in [5.41, 5.74) is 2.50. The van der Waals surface area contributed by atoms with Crippen LogP contribution >= 0.6 is 39.0 Å². The molecule has 0 bridgehead atoms. The number of anilines is 1. The van der Waals surface area contributed by atoms with Gasteiger partial charge in [-0.15, -0.1) is 28.1 Å². The Labute approximate surface area is 221 Å². The molecule has 0 saturated carbocycles. The predicted octanol–water partition coefficient (Wildman–Crippen LogP) is 6.13. The van der Waals surface area contributed by atoms with Gasteiger partial charge in [0.05, 0.1) is 17.9 Å². The van der Waals surface area contributed by atoms with Gasteiger partial charge in [-0.05, 0) is 50.3 Å². The Balaban J connectivity index is 1.50. The van der Waals surface area contributed by atoms with Crippen molar-refractivity contribution in [2.75, 3.05) is 17.7 Å². The number of amides is 1. The van der Waals surface area contributed by atoms with Crippen LogP contribution in [0.1, 0.15) is 47.0 Å². The molecular weight excluding hydrogens is 548 g/mol. The molecule has 7 nitrogen and oxygen atoms in total. The van der Waals surface area contributed by atoms with Crippen LogP contribution in [0.25, 0.3) is 11.4 Å². The number of nitrogens with zero attached hydrogens (tertiary/aromatic N) is 3.